The van der Waals surface area contributed by atoms with Gasteiger partial charge in [-0.3, -0.25) is 0 Å². The molecular formula is C18H28N6. The third kappa shape index (κ3) is 6.02. The SMILES string of the molecule is CCc1nncn1CCNC(=NCc1ccccc1)NCC(C)C. The van der Waals surface area contributed by atoms with Crippen molar-refractivity contribution >= 4 is 5.96 Å². The van der Waals surface area contributed by atoms with Gasteiger partial charge >= 0.3 is 0 Å². The number of aliphatic imine (C=N–C) groups is 1. The first-order chi connectivity index (χ1) is 11.7. The number of aromatic nitrogens is 3. The summed E-state index contributed by atoms with van der Waals surface area (Å²) in [5.41, 5.74) is 1.20. The summed E-state index contributed by atoms with van der Waals surface area (Å²) in [6, 6.07) is 10.3. The van der Waals surface area contributed by atoms with Gasteiger partial charge in [0.1, 0.15) is 12.2 Å². The Hall–Kier alpha value is -2.37. The summed E-state index contributed by atoms with van der Waals surface area (Å²) in [4.78, 5) is 4.68. The fraction of sp³-hybridized carbons (Fsp3) is 0.500. The number of hydrogen-bond acceptors (Lipinski definition) is 3. The Labute approximate surface area is 144 Å². The van der Waals surface area contributed by atoms with E-state index in [0.717, 1.165) is 37.8 Å². The second kappa shape index (κ2) is 9.70. The van der Waals surface area contributed by atoms with Crippen LogP contribution < -0.4 is 10.6 Å². The summed E-state index contributed by atoms with van der Waals surface area (Å²) in [5, 5.41) is 14.9. The Morgan fingerprint density at radius 2 is 2.00 bits per heavy atom. The second-order valence-electron chi connectivity index (χ2n) is 6.15. The molecule has 0 aliphatic heterocycles. The van der Waals surface area contributed by atoms with Crippen molar-refractivity contribution in [1.82, 2.24) is 25.4 Å². The molecule has 0 bridgehead atoms. The van der Waals surface area contributed by atoms with Crippen molar-refractivity contribution in [2.75, 3.05) is 13.1 Å². The molecule has 0 fully saturated rings. The van der Waals surface area contributed by atoms with Crippen LogP contribution in [0.25, 0.3) is 0 Å². The average Bonchev–Trinajstić information content (AvgIpc) is 3.05. The van der Waals surface area contributed by atoms with E-state index in [1.54, 1.807) is 6.33 Å². The minimum absolute atomic E-state index is 0.568. The van der Waals surface area contributed by atoms with Gasteiger partial charge in [0.05, 0.1) is 6.54 Å². The molecule has 2 N–H and O–H groups in total. The number of nitrogens with zero attached hydrogens (tertiary/aromatic N) is 4. The van der Waals surface area contributed by atoms with E-state index in [1.165, 1.54) is 5.56 Å². The molecule has 0 aliphatic carbocycles. The van der Waals surface area contributed by atoms with Gasteiger partial charge in [-0.1, -0.05) is 51.1 Å². The molecule has 0 unspecified atom stereocenters. The number of nitrogens with one attached hydrogen (secondary N) is 2. The number of guanidine groups is 1. The van der Waals surface area contributed by atoms with E-state index in [1.807, 2.05) is 18.2 Å². The highest BCUT2D eigenvalue weighted by atomic mass is 15.3. The van der Waals surface area contributed by atoms with Crippen molar-refractivity contribution in [3.05, 3.63) is 48.0 Å². The van der Waals surface area contributed by atoms with Crippen molar-refractivity contribution in [3.8, 4) is 0 Å². The smallest absolute Gasteiger partial charge is 0.191 e. The second-order valence-corrected chi connectivity index (χ2v) is 6.15. The van der Waals surface area contributed by atoms with Gasteiger partial charge in [0.25, 0.3) is 0 Å². The molecule has 0 aliphatic rings. The van der Waals surface area contributed by atoms with Gasteiger partial charge in [0.15, 0.2) is 5.96 Å². The highest BCUT2D eigenvalue weighted by Crippen LogP contribution is 2.00. The normalized spacial score (nSPS) is 11.8. The van der Waals surface area contributed by atoms with Gasteiger partial charge in [0, 0.05) is 26.1 Å². The topological polar surface area (TPSA) is 67.1 Å². The van der Waals surface area contributed by atoms with Crippen LogP contribution in [0.4, 0.5) is 0 Å². The minimum atomic E-state index is 0.568. The van der Waals surface area contributed by atoms with Gasteiger partial charge in [-0.05, 0) is 11.5 Å². The standard InChI is InChI=1S/C18H28N6/c1-4-17-23-22-14-24(17)11-10-19-18(20-12-15(2)3)21-13-16-8-6-5-7-9-16/h5-9,14-15H,4,10-13H2,1-3H3,(H2,19,20,21). The van der Waals surface area contributed by atoms with Gasteiger partial charge in [0.2, 0.25) is 0 Å². The molecule has 1 aromatic heterocycles. The summed E-state index contributed by atoms with van der Waals surface area (Å²) in [6.07, 6.45) is 2.67. The molecule has 1 heterocycles. The maximum absolute atomic E-state index is 4.68. The zero-order valence-corrected chi connectivity index (χ0v) is 14.9. The molecule has 1 aromatic carbocycles. The molecular weight excluding hydrogens is 300 g/mol. The molecule has 2 aromatic rings. The van der Waals surface area contributed by atoms with Crippen LogP contribution in [0.15, 0.2) is 41.7 Å². The summed E-state index contributed by atoms with van der Waals surface area (Å²) in [6.45, 7) is 9.63. The van der Waals surface area contributed by atoms with Crippen LogP contribution in [0.5, 0.6) is 0 Å². The maximum Gasteiger partial charge on any atom is 0.191 e. The van der Waals surface area contributed by atoms with Crippen molar-refractivity contribution in [2.24, 2.45) is 10.9 Å². The van der Waals surface area contributed by atoms with Crippen LogP contribution in [0.1, 0.15) is 32.2 Å². The lowest BCUT2D eigenvalue weighted by Gasteiger charge is -2.15. The van der Waals surface area contributed by atoms with Crippen LogP contribution in [-0.2, 0) is 19.5 Å². The molecule has 0 saturated heterocycles. The van der Waals surface area contributed by atoms with Gasteiger partial charge < -0.3 is 15.2 Å². The molecule has 0 atom stereocenters. The van der Waals surface area contributed by atoms with E-state index in [-0.39, 0.29) is 0 Å². The monoisotopic (exact) mass is 328 g/mol. The Kier molecular flexibility index (Phi) is 7.26. The van der Waals surface area contributed by atoms with E-state index >= 15 is 0 Å². The van der Waals surface area contributed by atoms with Crippen molar-refractivity contribution in [2.45, 2.75) is 40.3 Å². The van der Waals surface area contributed by atoms with Crippen LogP contribution in [0, 0.1) is 5.92 Å². The first-order valence-electron chi connectivity index (χ1n) is 8.61. The Morgan fingerprint density at radius 3 is 2.71 bits per heavy atom. The van der Waals surface area contributed by atoms with Crippen LogP contribution in [0.3, 0.4) is 0 Å². The third-order valence-electron chi connectivity index (χ3n) is 3.60. The largest absolute Gasteiger partial charge is 0.356 e. The van der Waals surface area contributed by atoms with E-state index in [9.17, 15) is 0 Å². The van der Waals surface area contributed by atoms with Crippen molar-refractivity contribution in [3.63, 3.8) is 0 Å². The molecule has 6 nitrogen and oxygen atoms in total. The summed E-state index contributed by atoms with van der Waals surface area (Å²) >= 11 is 0. The Bertz CT molecular complexity index is 617. The average molecular weight is 328 g/mol. The molecule has 130 valence electrons. The van der Waals surface area contributed by atoms with Gasteiger partial charge in [-0.25, -0.2) is 4.99 Å². The van der Waals surface area contributed by atoms with E-state index in [0.29, 0.717) is 12.5 Å². The number of rotatable bonds is 8. The first kappa shape index (κ1) is 18.0. The molecule has 0 spiro atoms. The fourth-order valence-electron chi connectivity index (χ4n) is 2.26. The fourth-order valence-corrected chi connectivity index (χ4v) is 2.26. The van der Waals surface area contributed by atoms with Crippen LogP contribution >= 0.6 is 0 Å². The number of aryl methyl sites for hydroxylation is 1. The number of benzene rings is 1. The van der Waals surface area contributed by atoms with Crippen LogP contribution in [-0.4, -0.2) is 33.8 Å². The lowest BCUT2D eigenvalue weighted by Crippen LogP contribution is -2.40. The van der Waals surface area contributed by atoms with Crippen molar-refractivity contribution in [1.29, 1.82) is 0 Å². The Morgan fingerprint density at radius 1 is 1.21 bits per heavy atom. The highest BCUT2D eigenvalue weighted by Gasteiger charge is 2.03. The van der Waals surface area contributed by atoms with E-state index in [4.69, 9.17) is 0 Å². The van der Waals surface area contributed by atoms with E-state index in [2.05, 4.69) is 63.3 Å². The highest BCUT2D eigenvalue weighted by molar-refractivity contribution is 5.79. The Balaban J connectivity index is 1.90. The molecule has 6 heteroatoms. The van der Waals surface area contributed by atoms with Crippen LogP contribution in [0.2, 0.25) is 0 Å². The van der Waals surface area contributed by atoms with Gasteiger partial charge in [-0.2, -0.15) is 0 Å². The zero-order valence-electron chi connectivity index (χ0n) is 14.9. The molecule has 24 heavy (non-hydrogen) atoms. The first-order valence-corrected chi connectivity index (χ1v) is 8.61. The van der Waals surface area contributed by atoms with E-state index < -0.39 is 0 Å². The molecule has 0 amide bonds. The predicted octanol–water partition coefficient (Wildman–Crippen LogP) is 2.23. The molecule has 0 radical (unpaired) electrons. The van der Waals surface area contributed by atoms with Crippen molar-refractivity contribution < 1.29 is 0 Å². The minimum Gasteiger partial charge on any atom is -0.356 e. The predicted molar refractivity (Wildman–Crippen MR) is 97.8 cm³/mol. The lowest BCUT2D eigenvalue weighted by atomic mass is 10.2. The zero-order chi connectivity index (χ0) is 17.2. The number of hydrogen-bond donors (Lipinski definition) is 2. The summed E-state index contributed by atoms with van der Waals surface area (Å²) < 4.78 is 2.07. The van der Waals surface area contributed by atoms with Gasteiger partial charge in [-0.15, -0.1) is 10.2 Å². The summed E-state index contributed by atoms with van der Waals surface area (Å²) in [7, 11) is 0. The molecule has 2 rings (SSSR count). The third-order valence-corrected chi connectivity index (χ3v) is 3.60. The summed E-state index contributed by atoms with van der Waals surface area (Å²) in [5.74, 6) is 2.42. The molecule has 0 saturated carbocycles. The lowest BCUT2D eigenvalue weighted by molar-refractivity contribution is 0.599. The maximum atomic E-state index is 4.68. The quantitative estimate of drug-likeness (QED) is 0.576.